The average molecular weight is 286 g/mol. The van der Waals surface area contributed by atoms with Crippen molar-refractivity contribution in [3.05, 3.63) is 34.4 Å². The van der Waals surface area contributed by atoms with E-state index in [4.69, 9.17) is 5.73 Å². The highest BCUT2D eigenvalue weighted by Gasteiger charge is 2.49. The zero-order valence-electron chi connectivity index (χ0n) is 12.7. The van der Waals surface area contributed by atoms with E-state index >= 15 is 0 Å². The quantitative estimate of drug-likeness (QED) is 0.850. The summed E-state index contributed by atoms with van der Waals surface area (Å²) in [4.78, 5) is 27.3. The van der Waals surface area contributed by atoms with Crippen LogP contribution < -0.4 is 5.73 Å². The van der Waals surface area contributed by atoms with Crippen molar-refractivity contribution in [1.82, 2.24) is 4.90 Å². The van der Waals surface area contributed by atoms with Gasteiger partial charge in [0, 0.05) is 6.54 Å². The van der Waals surface area contributed by atoms with E-state index < -0.39 is 5.54 Å². The Hall–Kier alpha value is -1.68. The summed E-state index contributed by atoms with van der Waals surface area (Å²) in [6.45, 7) is 4.14. The number of carbonyl (C=O) groups excluding carboxylic acids is 2. The summed E-state index contributed by atoms with van der Waals surface area (Å²) in [6.07, 6.45) is 4.87. The van der Waals surface area contributed by atoms with Gasteiger partial charge in [-0.3, -0.25) is 14.5 Å². The monoisotopic (exact) mass is 286 g/mol. The van der Waals surface area contributed by atoms with E-state index in [1.54, 1.807) is 0 Å². The molecule has 0 atom stereocenters. The molecule has 3 rings (SSSR count). The lowest BCUT2D eigenvalue weighted by atomic mass is 9.80. The Labute approximate surface area is 125 Å². The normalized spacial score (nSPS) is 20.8. The number of aryl methyl sites for hydroxylation is 2. The molecular formula is C17H22N2O2. The van der Waals surface area contributed by atoms with Crippen LogP contribution in [0, 0.1) is 13.8 Å². The summed E-state index contributed by atoms with van der Waals surface area (Å²) in [5.41, 5.74) is 8.44. The van der Waals surface area contributed by atoms with Crippen LogP contribution in [-0.2, 0) is 0 Å². The molecule has 1 aliphatic carbocycles. The van der Waals surface area contributed by atoms with Crippen LogP contribution in [0.2, 0.25) is 0 Å². The minimum atomic E-state index is -0.482. The van der Waals surface area contributed by atoms with Crippen LogP contribution >= 0.6 is 0 Å². The molecule has 0 bridgehead atoms. The number of carbonyl (C=O) groups is 2. The Kier molecular flexibility index (Phi) is 3.36. The predicted octanol–water partition coefficient (Wildman–Crippen LogP) is 2.56. The molecule has 1 aromatic rings. The Balaban J connectivity index is 2.11. The molecule has 1 heterocycles. The average Bonchev–Trinajstić information content (AvgIpc) is 2.77. The SMILES string of the molecule is Cc1ccc(C)c2c1C(=O)N(C1(CN)CCCCC1)C2=O. The topological polar surface area (TPSA) is 63.4 Å². The van der Waals surface area contributed by atoms with E-state index in [-0.39, 0.29) is 11.8 Å². The second kappa shape index (κ2) is 4.95. The maximum absolute atomic E-state index is 12.9. The number of fused-ring (bicyclic) bond motifs is 1. The summed E-state index contributed by atoms with van der Waals surface area (Å²) in [6, 6.07) is 3.83. The number of rotatable bonds is 2. The molecule has 1 aromatic carbocycles. The van der Waals surface area contributed by atoms with Crippen LogP contribution in [0.3, 0.4) is 0 Å². The molecule has 4 heteroatoms. The number of hydrogen-bond donors (Lipinski definition) is 1. The lowest BCUT2D eigenvalue weighted by Gasteiger charge is -2.42. The summed E-state index contributed by atoms with van der Waals surface area (Å²) < 4.78 is 0. The Morgan fingerprint density at radius 3 is 1.90 bits per heavy atom. The molecule has 1 fully saturated rings. The van der Waals surface area contributed by atoms with Crippen LogP contribution in [-0.4, -0.2) is 28.8 Å². The highest BCUT2D eigenvalue weighted by molar-refractivity contribution is 6.23. The molecule has 2 amide bonds. The molecule has 112 valence electrons. The van der Waals surface area contributed by atoms with Crippen LogP contribution in [0.15, 0.2) is 12.1 Å². The van der Waals surface area contributed by atoms with Crippen molar-refractivity contribution in [3.8, 4) is 0 Å². The molecule has 0 unspecified atom stereocenters. The molecular weight excluding hydrogens is 264 g/mol. The highest BCUT2D eigenvalue weighted by Crippen LogP contribution is 2.39. The number of hydrogen-bond acceptors (Lipinski definition) is 3. The van der Waals surface area contributed by atoms with Gasteiger partial charge in [0.2, 0.25) is 0 Å². The maximum Gasteiger partial charge on any atom is 0.262 e. The molecule has 2 aliphatic rings. The third-order valence-corrected chi connectivity index (χ3v) is 5.09. The van der Waals surface area contributed by atoms with Gasteiger partial charge < -0.3 is 5.73 Å². The van der Waals surface area contributed by atoms with Crippen molar-refractivity contribution in [1.29, 1.82) is 0 Å². The molecule has 0 aromatic heterocycles. The molecule has 0 spiro atoms. The van der Waals surface area contributed by atoms with Crippen molar-refractivity contribution in [2.75, 3.05) is 6.54 Å². The van der Waals surface area contributed by atoms with Gasteiger partial charge in [0.25, 0.3) is 11.8 Å². The van der Waals surface area contributed by atoms with E-state index in [0.29, 0.717) is 17.7 Å². The second-order valence-corrected chi connectivity index (χ2v) is 6.38. The number of imide groups is 1. The first-order valence-corrected chi connectivity index (χ1v) is 7.71. The number of benzene rings is 1. The van der Waals surface area contributed by atoms with Crippen LogP contribution in [0.5, 0.6) is 0 Å². The van der Waals surface area contributed by atoms with Gasteiger partial charge in [-0.2, -0.15) is 0 Å². The fourth-order valence-electron chi connectivity index (χ4n) is 3.84. The van der Waals surface area contributed by atoms with Gasteiger partial charge in [-0.15, -0.1) is 0 Å². The van der Waals surface area contributed by atoms with Crippen LogP contribution in [0.4, 0.5) is 0 Å². The lowest BCUT2D eigenvalue weighted by Crippen LogP contribution is -2.57. The third-order valence-electron chi connectivity index (χ3n) is 5.09. The zero-order chi connectivity index (χ0) is 15.2. The first-order valence-electron chi connectivity index (χ1n) is 7.71. The Morgan fingerprint density at radius 2 is 1.48 bits per heavy atom. The Bertz CT molecular complexity index is 574. The van der Waals surface area contributed by atoms with E-state index in [0.717, 1.165) is 43.2 Å². The minimum absolute atomic E-state index is 0.149. The number of nitrogens with two attached hydrogens (primary N) is 1. The van der Waals surface area contributed by atoms with Crippen molar-refractivity contribution in [2.24, 2.45) is 5.73 Å². The number of nitrogens with zero attached hydrogens (tertiary/aromatic N) is 1. The lowest BCUT2D eigenvalue weighted by molar-refractivity contribution is 0.0346. The molecule has 1 saturated carbocycles. The van der Waals surface area contributed by atoms with Gasteiger partial charge in [-0.1, -0.05) is 31.4 Å². The molecule has 21 heavy (non-hydrogen) atoms. The third kappa shape index (κ3) is 1.93. The molecule has 2 N–H and O–H groups in total. The van der Waals surface area contributed by atoms with Gasteiger partial charge in [0.05, 0.1) is 16.7 Å². The fraction of sp³-hybridized carbons (Fsp3) is 0.529. The molecule has 4 nitrogen and oxygen atoms in total. The van der Waals surface area contributed by atoms with Gasteiger partial charge in [-0.25, -0.2) is 0 Å². The van der Waals surface area contributed by atoms with Crippen LogP contribution in [0.1, 0.15) is 63.9 Å². The van der Waals surface area contributed by atoms with Crippen LogP contribution in [0.25, 0.3) is 0 Å². The van der Waals surface area contributed by atoms with E-state index in [2.05, 4.69) is 0 Å². The first kappa shape index (κ1) is 14.3. The zero-order valence-corrected chi connectivity index (χ0v) is 12.7. The first-order chi connectivity index (χ1) is 10.0. The summed E-state index contributed by atoms with van der Waals surface area (Å²) >= 11 is 0. The van der Waals surface area contributed by atoms with Gasteiger partial charge in [-0.05, 0) is 37.8 Å². The Morgan fingerprint density at radius 1 is 1.00 bits per heavy atom. The summed E-state index contributed by atoms with van der Waals surface area (Å²) in [5, 5.41) is 0. The van der Waals surface area contributed by atoms with E-state index in [9.17, 15) is 9.59 Å². The standard InChI is InChI=1S/C17H22N2O2/c1-11-6-7-12(2)14-13(11)15(20)19(16(14)21)17(10-18)8-4-3-5-9-17/h6-7H,3-5,8-10,18H2,1-2H3. The largest absolute Gasteiger partial charge is 0.328 e. The second-order valence-electron chi connectivity index (χ2n) is 6.38. The van der Waals surface area contributed by atoms with Crippen molar-refractivity contribution in [3.63, 3.8) is 0 Å². The molecule has 1 aliphatic heterocycles. The van der Waals surface area contributed by atoms with E-state index in [1.807, 2.05) is 26.0 Å². The summed E-state index contributed by atoms with van der Waals surface area (Å²) in [5.74, 6) is -0.299. The van der Waals surface area contributed by atoms with Gasteiger partial charge in [0.1, 0.15) is 0 Å². The molecule has 0 radical (unpaired) electrons. The van der Waals surface area contributed by atoms with Gasteiger partial charge in [0.15, 0.2) is 0 Å². The van der Waals surface area contributed by atoms with Gasteiger partial charge >= 0.3 is 0 Å². The highest BCUT2D eigenvalue weighted by atomic mass is 16.2. The van der Waals surface area contributed by atoms with Crippen molar-refractivity contribution >= 4 is 11.8 Å². The number of amides is 2. The van der Waals surface area contributed by atoms with Crippen molar-refractivity contribution < 1.29 is 9.59 Å². The minimum Gasteiger partial charge on any atom is -0.328 e. The summed E-state index contributed by atoms with van der Waals surface area (Å²) in [7, 11) is 0. The fourth-order valence-corrected chi connectivity index (χ4v) is 3.84. The predicted molar refractivity (Wildman–Crippen MR) is 81.3 cm³/mol. The maximum atomic E-state index is 12.9. The smallest absolute Gasteiger partial charge is 0.262 e. The van der Waals surface area contributed by atoms with Crippen molar-refractivity contribution in [2.45, 2.75) is 51.5 Å². The molecule has 0 saturated heterocycles. The van der Waals surface area contributed by atoms with E-state index in [1.165, 1.54) is 4.90 Å².